The van der Waals surface area contributed by atoms with Crippen molar-refractivity contribution >= 4 is 0 Å². The summed E-state index contributed by atoms with van der Waals surface area (Å²) >= 11 is 0. The first-order valence-electron chi connectivity index (χ1n) is 6.43. The Morgan fingerprint density at radius 3 is 2.60 bits per heavy atom. The SMILES string of the molecule is [2H]c1c(C([2H])(C)C)cnc(-c2ccccc2)c1[2H]. The molecule has 0 saturated heterocycles. The van der Waals surface area contributed by atoms with Crippen molar-refractivity contribution in [3.63, 3.8) is 0 Å². The van der Waals surface area contributed by atoms with E-state index in [0.29, 0.717) is 11.3 Å². The van der Waals surface area contributed by atoms with E-state index in [-0.39, 0.29) is 12.1 Å². The van der Waals surface area contributed by atoms with Crippen LogP contribution in [0.1, 0.15) is 29.4 Å². The van der Waals surface area contributed by atoms with Crippen LogP contribution >= 0.6 is 0 Å². The summed E-state index contributed by atoms with van der Waals surface area (Å²) < 4.78 is 24.0. The number of hydrogen-bond donors (Lipinski definition) is 0. The molecule has 0 saturated carbocycles. The van der Waals surface area contributed by atoms with Crippen molar-refractivity contribution in [3.05, 3.63) is 54.2 Å². The number of aromatic nitrogens is 1. The van der Waals surface area contributed by atoms with Crippen LogP contribution in [-0.2, 0) is 0 Å². The van der Waals surface area contributed by atoms with E-state index in [0.717, 1.165) is 5.56 Å². The third-order valence-electron chi connectivity index (χ3n) is 2.22. The minimum Gasteiger partial charge on any atom is -0.256 e. The first-order chi connectivity index (χ1) is 8.41. The zero-order valence-corrected chi connectivity index (χ0v) is 8.91. The van der Waals surface area contributed by atoms with Crippen LogP contribution in [0, 0.1) is 0 Å². The van der Waals surface area contributed by atoms with E-state index in [4.69, 9.17) is 4.11 Å². The highest BCUT2D eigenvalue weighted by molar-refractivity contribution is 5.58. The van der Waals surface area contributed by atoms with Crippen molar-refractivity contribution in [3.8, 4) is 11.3 Å². The number of rotatable bonds is 2. The summed E-state index contributed by atoms with van der Waals surface area (Å²) in [6.07, 6.45) is 1.54. The van der Waals surface area contributed by atoms with E-state index in [1.54, 1.807) is 13.8 Å². The lowest BCUT2D eigenvalue weighted by Gasteiger charge is -2.05. The van der Waals surface area contributed by atoms with Crippen LogP contribution in [0.5, 0.6) is 0 Å². The van der Waals surface area contributed by atoms with Gasteiger partial charge in [-0.05, 0) is 17.5 Å². The monoisotopic (exact) mass is 200 g/mol. The van der Waals surface area contributed by atoms with Crippen LogP contribution in [0.4, 0.5) is 0 Å². The summed E-state index contributed by atoms with van der Waals surface area (Å²) in [5.74, 6) is -0.908. The Morgan fingerprint density at radius 2 is 1.93 bits per heavy atom. The van der Waals surface area contributed by atoms with Gasteiger partial charge < -0.3 is 0 Å². The standard InChI is InChI=1S/C14H15N/c1-11(2)13-8-9-14(15-10-13)12-6-4-3-5-7-12/h3-11H,1-2H3/i8D,9D,11D. The van der Waals surface area contributed by atoms with Crippen molar-refractivity contribution in [2.75, 3.05) is 0 Å². The Bertz CT molecular complexity index is 559. The van der Waals surface area contributed by atoms with Gasteiger partial charge in [0.05, 0.1) is 8.44 Å². The summed E-state index contributed by atoms with van der Waals surface area (Å²) in [5, 5.41) is 0. The zero-order valence-electron chi connectivity index (χ0n) is 11.9. The molecule has 2 aromatic rings. The van der Waals surface area contributed by atoms with Crippen molar-refractivity contribution in [1.82, 2.24) is 4.98 Å². The lowest BCUT2D eigenvalue weighted by atomic mass is 10.0. The van der Waals surface area contributed by atoms with Crippen molar-refractivity contribution in [1.29, 1.82) is 0 Å². The topological polar surface area (TPSA) is 12.9 Å². The fraction of sp³-hybridized carbons (Fsp3) is 0.214. The molecule has 2 rings (SSSR count). The summed E-state index contributed by atoms with van der Waals surface area (Å²) in [7, 11) is 0. The molecule has 1 heterocycles. The average Bonchev–Trinajstić information content (AvgIpc) is 2.32. The van der Waals surface area contributed by atoms with Crippen molar-refractivity contribution in [2.24, 2.45) is 0 Å². The highest BCUT2D eigenvalue weighted by atomic mass is 14.7. The molecule has 0 bridgehead atoms. The van der Waals surface area contributed by atoms with E-state index in [1.807, 2.05) is 30.3 Å². The molecule has 0 aliphatic heterocycles. The number of pyridine rings is 1. The lowest BCUT2D eigenvalue weighted by molar-refractivity contribution is 0.859. The van der Waals surface area contributed by atoms with Crippen LogP contribution in [0.3, 0.4) is 0 Å². The fourth-order valence-electron chi connectivity index (χ4n) is 1.32. The average molecular weight is 200 g/mol. The second-order valence-corrected chi connectivity index (χ2v) is 3.64. The van der Waals surface area contributed by atoms with Crippen LogP contribution in [0.2, 0.25) is 0 Å². The van der Waals surface area contributed by atoms with Crippen LogP contribution in [-0.4, -0.2) is 4.98 Å². The Hall–Kier alpha value is -1.63. The molecule has 1 aromatic carbocycles. The largest absolute Gasteiger partial charge is 0.256 e. The lowest BCUT2D eigenvalue weighted by Crippen LogP contribution is -1.89. The highest BCUT2D eigenvalue weighted by Crippen LogP contribution is 2.19. The van der Waals surface area contributed by atoms with Gasteiger partial charge in [0.15, 0.2) is 0 Å². The Kier molecular flexibility index (Phi) is 1.93. The van der Waals surface area contributed by atoms with Crippen LogP contribution in [0.15, 0.2) is 48.6 Å². The third-order valence-corrected chi connectivity index (χ3v) is 2.22. The van der Waals surface area contributed by atoms with Gasteiger partial charge >= 0.3 is 0 Å². The van der Waals surface area contributed by atoms with Gasteiger partial charge in [-0.1, -0.05) is 50.2 Å². The first-order valence-corrected chi connectivity index (χ1v) is 4.93. The third kappa shape index (κ3) is 2.24. The van der Waals surface area contributed by atoms with Gasteiger partial charge in [0, 0.05) is 13.1 Å². The van der Waals surface area contributed by atoms with Crippen molar-refractivity contribution < 1.29 is 4.11 Å². The molecule has 0 unspecified atom stereocenters. The van der Waals surface area contributed by atoms with E-state index in [1.165, 1.54) is 6.20 Å². The quantitative estimate of drug-likeness (QED) is 0.717. The molecule has 76 valence electrons. The molecule has 0 N–H and O–H groups in total. The summed E-state index contributed by atoms with van der Waals surface area (Å²) in [5.41, 5.74) is 1.80. The molecule has 1 aromatic heterocycles. The summed E-state index contributed by atoms with van der Waals surface area (Å²) in [6.45, 7) is 3.40. The second kappa shape index (κ2) is 4.26. The van der Waals surface area contributed by atoms with Gasteiger partial charge in [-0.25, -0.2) is 0 Å². The molecule has 0 aliphatic rings. The molecule has 1 heteroatoms. The van der Waals surface area contributed by atoms with Gasteiger partial charge in [-0.2, -0.15) is 0 Å². The maximum absolute atomic E-state index is 8.02. The summed E-state index contributed by atoms with van der Waals surface area (Å²) in [4.78, 5) is 4.25. The molecule has 15 heavy (non-hydrogen) atoms. The molecule has 0 aliphatic carbocycles. The summed E-state index contributed by atoms with van der Waals surface area (Å²) in [6, 6.07) is 9.56. The van der Waals surface area contributed by atoms with E-state index >= 15 is 0 Å². The first kappa shape index (κ1) is 6.78. The van der Waals surface area contributed by atoms with Gasteiger partial charge in [-0.15, -0.1) is 0 Å². The fourth-order valence-corrected chi connectivity index (χ4v) is 1.32. The van der Waals surface area contributed by atoms with Gasteiger partial charge in [0.25, 0.3) is 0 Å². The van der Waals surface area contributed by atoms with Crippen LogP contribution in [0.25, 0.3) is 11.3 Å². The van der Waals surface area contributed by atoms with Gasteiger partial charge in [-0.3, -0.25) is 4.98 Å². The van der Waals surface area contributed by atoms with Crippen molar-refractivity contribution in [2.45, 2.75) is 19.7 Å². The second-order valence-electron chi connectivity index (χ2n) is 3.64. The van der Waals surface area contributed by atoms with Gasteiger partial charge in [0.2, 0.25) is 0 Å². The maximum Gasteiger partial charge on any atom is 0.0702 e. The molecule has 0 amide bonds. The smallest absolute Gasteiger partial charge is 0.0702 e. The van der Waals surface area contributed by atoms with Crippen LogP contribution < -0.4 is 0 Å². The molecular formula is C14H15N. The van der Waals surface area contributed by atoms with Gasteiger partial charge in [0.1, 0.15) is 0 Å². The van der Waals surface area contributed by atoms with E-state index in [2.05, 4.69) is 4.98 Å². The normalized spacial score (nSPS) is 14.1. The molecule has 1 nitrogen and oxygen atoms in total. The molecule has 0 atom stereocenters. The minimum absolute atomic E-state index is 0.0824. The number of nitrogens with zero attached hydrogens (tertiary/aromatic N) is 1. The Morgan fingerprint density at radius 1 is 1.20 bits per heavy atom. The van der Waals surface area contributed by atoms with E-state index < -0.39 is 5.89 Å². The zero-order chi connectivity index (χ0) is 13.3. The number of hydrogen-bond acceptors (Lipinski definition) is 1. The minimum atomic E-state index is -0.908. The highest BCUT2D eigenvalue weighted by Gasteiger charge is 2.01. The molecular weight excluding hydrogens is 182 g/mol. The maximum atomic E-state index is 8.02. The Balaban J connectivity index is 2.58. The Labute approximate surface area is 95.0 Å². The predicted octanol–water partition coefficient (Wildman–Crippen LogP) is 3.87. The molecule has 0 radical (unpaired) electrons. The molecule has 0 spiro atoms. The number of benzene rings is 1. The molecule has 0 fully saturated rings. The predicted molar refractivity (Wildman–Crippen MR) is 63.8 cm³/mol. The van der Waals surface area contributed by atoms with E-state index in [9.17, 15) is 0 Å².